The van der Waals surface area contributed by atoms with Gasteiger partial charge in [-0.05, 0) is 0 Å². The van der Waals surface area contributed by atoms with E-state index in [2.05, 4.69) is 34.8 Å². The van der Waals surface area contributed by atoms with Gasteiger partial charge in [-0.3, -0.25) is 0 Å². The number of alkyl halides is 2. The molecule has 2 aliphatic carbocycles. The molecule has 2 saturated carbocycles. The number of ether oxygens (including phenoxy) is 1. The minimum atomic E-state index is -0.253. The van der Waals surface area contributed by atoms with Crippen molar-refractivity contribution in [2.24, 2.45) is 16.7 Å². The van der Waals surface area contributed by atoms with Gasteiger partial charge in [0, 0.05) is 0 Å². The summed E-state index contributed by atoms with van der Waals surface area (Å²) in [5, 5.41) is 0. The molecule has 2 heterocycles. The van der Waals surface area contributed by atoms with Crippen molar-refractivity contribution in [2.75, 3.05) is 0 Å². The fourth-order valence-electron chi connectivity index (χ4n) is 4.91. The molecule has 2 saturated heterocycles. The van der Waals surface area contributed by atoms with E-state index in [-0.39, 0.29) is 68.9 Å². The van der Waals surface area contributed by atoms with E-state index in [1.165, 1.54) is 12.8 Å². The average Bonchev–Trinajstić information content (AvgIpc) is 3.31. The molecule has 5 unspecified atom stereocenters. The number of nitrogens with one attached hydrogen (secondary N) is 2. The summed E-state index contributed by atoms with van der Waals surface area (Å²) in [5.41, 5.74) is 0.188. The second-order valence-electron chi connectivity index (χ2n) is 7.71. The third-order valence-electron chi connectivity index (χ3n) is 7.04. The molecule has 2 aliphatic heterocycles. The molecule has 0 radical (unpaired) electrons. The maximum absolute atomic E-state index is 12.9. The van der Waals surface area contributed by atoms with Crippen molar-refractivity contribution in [2.45, 2.75) is 66.6 Å². The van der Waals surface area contributed by atoms with E-state index < -0.39 is 0 Å². The molecule has 5 atom stereocenters. The minimum absolute atomic E-state index is 0.0482. The third kappa shape index (κ3) is 1.82. The zero-order valence-electron chi connectivity index (χ0n) is 13.1. The van der Waals surface area contributed by atoms with Crippen molar-refractivity contribution >= 4 is 5.97 Å². The zero-order chi connectivity index (χ0) is 15.1. The first-order valence-electron chi connectivity index (χ1n) is 7.85. The Balaban J connectivity index is 1.62. The summed E-state index contributed by atoms with van der Waals surface area (Å²) >= 11 is -0.141. The van der Waals surface area contributed by atoms with Gasteiger partial charge < -0.3 is 0 Å². The van der Waals surface area contributed by atoms with Crippen LogP contribution in [0, 0.1) is 16.7 Å². The van der Waals surface area contributed by atoms with Crippen molar-refractivity contribution < 1.29 is 52.5 Å². The van der Waals surface area contributed by atoms with Gasteiger partial charge in [-0.1, -0.05) is 0 Å². The first-order chi connectivity index (χ1) is 9.81. The van der Waals surface area contributed by atoms with Crippen LogP contribution in [-0.2, 0) is 9.53 Å². The maximum atomic E-state index is 12.9. The second-order valence-corrected chi connectivity index (χ2v) is 13.0. The standard InChI is InChI=1S/C15H24I2N2O2/c1-5-14(8-9-6-7-13(14,4)12(9,2)3)21-11(20)15(17-19-15)10-16-18-10/h9-10,18-19H,5-8H2,1-4H3/q-2. The van der Waals surface area contributed by atoms with Crippen LogP contribution in [0.2, 0.25) is 0 Å². The monoisotopic (exact) mass is 518 g/mol. The van der Waals surface area contributed by atoms with Crippen molar-refractivity contribution in [1.82, 2.24) is 7.06 Å². The molecular weight excluding hydrogens is 494 g/mol. The summed E-state index contributed by atoms with van der Waals surface area (Å²) in [7, 11) is 0. The van der Waals surface area contributed by atoms with Crippen LogP contribution >= 0.6 is 0 Å². The molecule has 4 aliphatic rings. The van der Waals surface area contributed by atoms with Crippen LogP contribution in [0.25, 0.3) is 0 Å². The summed E-state index contributed by atoms with van der Waals surface area (Å²) < 4.78 is 13.4. The second kappa shape index (κ2) is 4.47. The molecule has 4 nitrogen and oxygen atoms in total. The van der Waals surface area contributed by atoms with Gasteiger partial charge in [0.1, 0.15) is 0 Å². The summed E-state index contributed by atoms with van der Waals surface area (Å²) in [5.74, 6) is 0.774. The summed E-state index contributed by atoms with van der Waals surface area (Å²) in [6.45, 7) is 9.37. The van der Waals surface area contributed by atoms with Crippen LogP contribution in [0.4, 0.5) is 0 Å². The van der Waals surface area contributed by atoms with Gasteiger partial charge in [0.15, 0.2) is 0 Å². The Kier molecular flexibility index (Phi) is 3.28. The Labute approximate surface area is 148 Å². The molecule has 2 N–H and O–H groups in total. The number of hydrogen-bond donors (Lipinski definition) is 2. The van der Waals surface area contributed by atoms with E-state index in [0.717, 1.165) is 12.8 Å². The number of esters is 1. The van der Waals surface area contributed by atoms with Gasteiger partial charge in [0.2, 0.25) is 0 Å². The first-order valence-corrected chi connectivity index (χ1v) is 12.3. The normalized spacial score (nSPS) is 53.5. The van der Waals surface area contributed by atoms with Crippen LogP contribution in [0.1, 0.15) is 53.4 Å². The van der Waals surface area contributed by atoms with Gasteiger partial charge >= 0.3 is 149 Å². The van der Waals surface area contributed by atoms with Crippen LogP contribution in [-0.4, -0.2) is 19.2 Å². The molecule has 6 heteroatoms. The Morgan fingerprint density at radius 1 is 1.38 bits per heavy atom. The average molecular weight is 518 g/mol. The number of carbonyl (C=O) groups is 1. The SMILES string of the molecule is CCC1(OC(=O)C2(C3N[I-]3)N[I-]2)CC2CCC1(C)C2(C)C. The Morgan fingerprint density at radius 3 is 2.43 bits per heavy atom. The topological polar surface area (TPSA) is 70.2 Å². The quantitative estimate of drug-likeness (QED) is 0.0990. The van der Waals surface area contributed by atoms with Gasteiger partial charge in [-0.25, -0.2) is 0 Å². The summed E-state index contributed by atoms with van der Waals surface area (Å²) in [4.78, 5) is 12.9. The van der Waals surface area contributed by atoms with Crippen LogP contribution in [0.5, 0.6) is 0 Å². The van der Waals surface area contributed by atoms with E-state index in [1.54, 1.807) is 0 Å². The van der Waals surface area contributed by atoms with Crippen molar-refractivity contribution in [3.63, 3.8) is 0 Å². The van der Waals surface area contributed by atoms with E-state index in [0.29, 0.717) is 9.97 Å². The summed E-state index contributed by atoms with van der Waals surface area (Å²) in [6.07, 6.45) is 4.53. The van der Waals surface area contributed by atoms with E-state index in [9.17, 15) is 4.79 Å². The van der Waals surface area contributed by atoms with E-state index >= 15 is 0 Å². The van der Waals surface area contributed by atoms with E-state index in [4.69, 9.17) is 4.74 Å². The van der Waals surface area contributed by atoms with Crippen LogP contribution in [0.3, 0.4) is 0 Å². The van der Waals surface area contributed by atoms with Crippen molar-refractivity contribution in [3.8, 4) is 0 Å². The third-order valence-corrected chi connectivity index (χ3v) is 13.2. The number of rotatable bonds is 4. The molecule has 0 amide bonds. The zero-order valence-corrected chi connectivity index (χ0v) is 17.4. The fraction of sp³-hybridized carbons (Fsp3) is 0.933. The van der Waals surface area contributed by atoms with Gasteiger partial charge in [-0.15, -0.1) is 0 Å². The molecule has 0 spiro atoms. The molecular formula is C15H24I2N2O2-2. The van der Waals surface area contributed by atoms with Crippen molar-refractivity contribution in [1.29, 1.82) is 0 Å². The molecule has 0 aromatic rings. The molecule has 4 fully saturated rings. The molecule has 2 bridgehead atoms. The Hall–Kier alpha value is 0.850. The first kappa shape index (κ1) is 15.4. The Bertz CT molecular complexity index is 504. The fourth-order valence-corrected chi connectivity index (χ4v) is 10.8. The van der Waals surface area contributed by atoms with Gasteiger partial charge in [0.25, 0.3) is 0 Å². The molecule has 21 heavy (non-hydrogen) atoms. The number of halogens is 2. The van der Waals surface area contributed by atoms with Crippen LogP contribution < -0.4 is 50.0 Å². The Morgan fingerprint density at radius 2 is 2.05 bits per heavy atom. The molecule has 122 valence electrons. The van der Waals surface area contributed by atoms with Crippen molar-refractivity contribution in [3.05, 3.63) is 0 Å². The predicted octanol–water partition coefficient (Wildman–Crippen LogP) is -4.24. The molecule has 4 rings (SSSR count). The predicted molar refractivity (Wildman–Crippen MR) is 71.1 cm³/mol. The van der Waals surface area contributed by atoms with Gasteiger partial charge in [0.05, 0.1) is 0 Å². The van der Waals surface area contributed by atoms with Gasteiger partial charge in [-0.2, -0.15) is 0 Å². The number of hydrogen-bond acceptors (Lipinski definition) is 4. The number of fused-ring (bicyclic) bond motifs is 2. The molecule has 0 aromatic heterocycles. The number of carbonyl (C=O) groups excluding carboxylic acids is 1. The summed E-state index contributed by atoms with van der Waals surface area (Å²) in [6, 6.07) is 0. The van der Waals surface area contributed by atoms with E-state index in [1.807, 2.05) is 0 Å². The molecule has 0 aromatic carbocycles. The van der Waals surface area contributed by atoms with Crippen LogP contribution in [0.15, 0.2) is 0 Å².